The van der Waals surface area contributed by atoms with Crippen LogP contribution in [-0.2, 0) is 9.59 Å². The molecule has 0 aromatic carbocycles. The molecule has 78 valence electrons. The smallest absolute Gasteiger partial charge is 0.305 e. The minimum Gasteiger partial charge on any atom is -0.481 e. The fourth-order valence-electron chi connectivity index (χ4n) is 0.809. The molecule has 0 aliphatic carbocycles. The Labute approximate surface area is 82.3 Å². The van der Waals surface area contributed by atoms with Crippen LogP contribution in [0.3, 0.4) is 0 Å². The van der Waals surface area contributed by atoms with Crippen molar-refractivity contribution in [1.29, 1.82) is 0 Å². The second-order valence-corrected chi connectivity index (χ2v) is 3.47. The molecule has 6 nitrogen and oxygen atoms in total. The Balaban J connectivity index is 0.00000196. The van der Waals surface area contributed by atoms with E-state index in [2.05, 4.69) is 15.5 Å². The molecular weight excluding hydrogens is 480 g/mol. The topological polar surface area (TPSA) is 91.1 Å². The number of carbonyl (C=O) groups excluding carboxylic acids is 1. The van der Waals surface area contributed by atoms with Gasteiger partial charge in [0.05, 0.1) is 6.42 Å². The molecule has 1 rings (SSSR count). The zero-order valence-corrected chi connectivity index (χ0v) is 14.7. The van der Waals surface area contributed by atoms with Crippen molar-refractivity contribution in [3.05, 3.63) is 0 Å². The van der Waals surface area contributed by atoms with Crippen LogP contribution in [0.5, 0.6) is 0 Å². The molecular formula is C6H5FN3O3RfS-. The number of hydrogen-bond acceptors (Lipinski definition) is 5. The number of thioether (sulfide) groups is 1. The summed E-state index contributed by atoms with van der Waals surface area (Å²) in [7, 11) is 0. The number of amidine groups is 1. The molecule has 0 aromatic heterocycles. The molecule has 0 aromatic rings. The van der Waals surface area contributed by atoms with E-state index in [4.69, 9.17) is 5.11 Å². The third-order valence-corrected chi connectivity index (χ3v) is 2.39. The van der Waals surface area contributed by atoms with Crippen molar-refractivity contribution in [1.82, 2.24) is 5.32 Å². The summed E-state index contributed by atoms with van der Waals surface area (Å²) in [6.45, 7) is 0.922. The molecule has 0 spiro atoms. The van der Waals surface area contributed by atoms with Gasteiger partial charge >= 0.3 is 5.97 Å². The van der Waals surface area contributed by atoms with Gasteiger partial charge in [0.1, 0.15) is 5.25 Å². The monoisotopic (exact) mass is 485 g/mol. The second kappa shape index (κ2) is 5.32. The molecule has 1 aliphatic heterocycles. The number of amides is 1. The van der Waals surface area contributed by atoms with Gasteiger partial charge in [-0.05, 0) is 0 Å². The normalized spacial score (nSPS) is 22.9. The molecule has 1 heterocycles. The largest absolute Gasteiger partial charge is 0.481 e. The summed E-state index contributed by atoms with van der Waals surface area (Å²) in [4.78, 5) is 21.3. The number of carboxylic acid groups (broad SMARTS) is 1. The van der Waals surface area contributed by atoms with Crippen LogP contribution in [0.25, 0.3) is 0 Å². The fraction of sp³-hybridized carbons (Fsp3) is 0.333. The Morgan fingerprint density at radius 1 is 1.73 bits per heavy atom. The molecule has 1 saturated heterocycles. The molecule has 1 aliphatic rings. The third kappa shape index (κ3) is 3.43. The van der Waals surface area contributed by atoms with E-state index in [1.807, 2.05) is 0 Å². The average molecular weight is 485 g/mol. The first-order chi connectivity index (χ1) is 6.63. The van der Waals surface area contributed by atoms with Gasteiger partial charge in [0.25, 0.3) is 0 Å². The Kier molecular flexibility index (Phi) is 4.46. The van der Waals surface area contributed by atoms with Gasteiger partial charge in [0.15, 0.2) is 5.17 Å². The Morgan fingerprint density at radius 3 is 2.93 bits per heavy atom. The molecule has 1 amide bonds. The molecule has 1 unspecified atom stereocenters. The summed E-state index contributed by atoms with van der Waals surface area (Å²) in [5, 5.41) is 16.1. The number of hydrogen-bond donors (Lipinski definition) is 2. The Bertz CT molecular complexity index is 323. The van der Waals surface area contributed by atoms with E-state index in [-0.39, 0.29) is 11.6 Å². The maximum atomic E-state index is 11.3. The van der Waals surface area contributed by atoms with Crippen molar-refractivity contribution in [3.63, 3.8) is 0 Å². The summed E-state index contributed by atoms with van der Waals surface area (Å²) in [6, 6.07) is 0. The summed E-state index contributed by atoms with van der Waals surface area (Å²) in [5.41, 5.74) is 0. The minimum atomic E-state index is -1.08. The van der Waals surface area contributed by atoms with Crippen LogP contribution in [0.2, 0.25) is 0 Å². The van der Waals surface area contributed by atoms with Gasteiger partial charge in [-0.2, -0.15) is 11.6 Å². The average Bonchev–Trinajstić information content (AvgIpc) is 2.43. The van der Waals surface area contributed by atoms with Crippen molar-refractivity contribution < 1.29 is 19.1 Å². The molecule has 0 radical (unpaired) electrons. The second-order valence-electron chi connectivity index (χ2n) is 2.28. The summed E-state index contributed by atoms with van der Waals surface area (Å²) in [5.74, 6) is -1.55. The van der Waals surface area contributed by atoms with Crippen molar-refractivity contribution in [3.8, 4) is 0 Å². The van der Waals surface area contributed by atoms with Gasteiger partial charge < -0.3 is 19.9 Å². The van der Waals surface area contributed by atoms with E-state index in [0.717, 1.165) is 18.2 Å². The number of carboxylic acids is 1. The van der Waals surface area contributed by atoms with Crippen molar-refractivity contribution in [2.24, 2.45) is 10.2 Å². The van der Waals surface area contributed by atoms with Gasteiger partial charge in [-0.3, -0.25) is 9.59 Å². The summed E-state index contributed by atoms with van der Waals surface area (Å²) in [6.07, 6.45) is -0.307. The molecule has 0 bridgehead atoms. The van der Waals surface area contributed by atoms with Gasteiger partial charge in [-0.15, -0.1) is 0 Å². The standard InChI is InChI=1S/C6H5FN3O3S.Rf/c7-2-8-10-6-9-5(13)3(14-6)1-4(11)12;/h3H,1H2,(H,11,12)(H,9,10,13);/q-1;. The van der Waals surface area contributed by atoms with E-state index in [0.29, 0.717) is 0 Å². The van der Waals surface area contributed by atoms with Crippen LogP contribution in [0.4, 0.5) is 4.39 Å². The minimum absolute atomic E-state index is 0. The van der Waals surface area contributed by atoms with E-state index >= 15 is 0 Å². The summed E-state index contributed by atoms with van der Waals surface area (Å²) < 4.78 is 11.3. The molecule has 9 heteroatoms. The van der Waals surface area contributed by atoms with Gasteiger partial charge in [0, 0.05) is 0 Å². The number of rotatable bonds is 3. The van der Waals surface area contributed by atoms with Crippen LogP contribution < -0.4 is 5.32 Å². The van der Waals surface area contributed by atoms with Crippen LogP contribution in [0.1, 0.15) is 6.42 Å². The molecule has 15 heavy (non-hydrogen) atoms. The summed E-state index contributed by atoms with van der Waals surface area (Å²) >= 11 is 0.895. The number of aliphatic carboxylic acids is 1. The van der Waals surface area contributed by atoms with E-state index < -0.39 is 17.1 Å². The fourth-order valence-corrected chi connectivity index (χ4v) is 1.72. The first-order valence-corrected chi connectivity index (χ1v) is 4.34. The number of nitrogens with zero attached hydrogens (tertiary/aromatic N) is 2. The van der Waals surface area contributed by atoms with Crippen LogP contribution in [0, 0.1) is 0 Å². The number of nitrogens with one attached hydrogen (secondary N) is 1. The van der Waals surface area contributed by atoms with Crippen LogP contribution >= 0.6 is 11.8 Å². The third-order valence-electron chi connectivity index (χ3n) is 1.32. The Morgan fingerprint density at radius 2 is 2.40 bits per heavy atom. The molecule has 2 N–H and O–H groups in total. The zero-order valence-electron chi connectivity index (χ0n) is 7.44. The number of carbonyl (C=O) groups is 2. The van der Waals surface area contributed by atoms with Crippen molar-refractivity contribution in [2.45, 2.75) is 11.7 Å². The predicted molar refractivity (Wildman–Crippen MR) is 47.8 cm³/mol. The van der Waals surface area contributed by atoms with Crippen LogP contribution in [0.15, 0.2) is 10.2 Å². The molecule has 0 saturated carbocycles. The molecule has 1 fully saturated rings. The SMILES string of the molecule is O=C(O)CC1S/C(=N\N=[C-]F)NC1=O.[Rf]. The predicted octanol–water partition coefficient (Wildman–Crippen LogP) is -0.161. The quantitative estimate of drug-likeness (QED) is 0.331. The van der Waals surface area contributed by atoms with E-state index in [9.17, 15) is 14.0 Å². The zero-order chi connectivity index (χ0) is 10.6. The van der Waals surface area contributed by atoms with Crippen molar-refractivity contribution in [2.75, 3.05) is 0 Å². The van der Waals surface area contributed by atoms with Crippen molar-refractivity contribution >= 4 is 35.3 Å². The first-order valence-electron chi connectivity index (χ1n) is 3.46. The van der Waals surface area contributed by atoms with Crippen LogP contribution in [-0.4, -0.2) is 33.9 Å². The van der Waals surface area contributed by atoms with E-state index in [1.54, 1.807) is 0 Å². The first kappa shape index (κ1) is 12.6. The van der Waals surface area contributed by atoms with E-state index in [1.165, 1.54) is 0 Å². The van der Waals surface area contributed by atoms with Gasteiger partial charge in [-0.1, -0.05) is 11.8 Å². The maximum absolute atomic E-state index is 11.3. The van der Waals surface area contributed by atoms with Gasteiger partial charge in [-0.25, -0.2) is 0 Å². The van der Waals surface area contributed by atoms with Gasteiger partial charge in [0.2, 0.25) is 5.91 Å². The maximum Gasteiger partial charge on any atom is 0.305 e. The Hall–Kier alpha value is -2.44. The molecule has 1 atom stereocenters. The number of halogens is 1.